The molecular formula is C10H22O. The summed E-state index contributed by atoms with van der Waals surface area (Å²) in [4.78, 5) is 0. The third-order valence-corrected chi connectivity index (χ3v) is 2.44. The van der Waals surface area contributed by atoms with Crippen LogP contribution in [0.3, 0.4) is 0 Å². The summed E-state index contributed by atoms with van der Waals surface area (Å²) in [5, 5.41) is 8.98. The minimum Gasteiger partial charge on any atom is -0.396 e. The molecule has 0 bridgehead atoms. The zero-order chi connectivity index (χ0) is 8.91. The molecule has 1 N–H and O–H groups in total. The van der Waals surface area contributed by atoms with Crippen molar-refractivity contribution in [3.05, 3.63) is 0 Å². The van der Waals surface area contributed by atoms with E-state index in [-0.39, 0.29) is 5.41 Å². The van der Waals surface area contributed by atoms with Crippen LogP contribution < -0.4 is 0 Å². The first kappa shape index (κ1) is 11.0. The first-order valence-electron chi connectivity index (χ1n) is 4.62. The molecule has 0 fully saturated rings. The van der Waals surface area contributed by atoms with Gasteiger partial charge in [-0.3, -0.25) is 0 Å². The Balaban J connectivity index is 3.52. The van der Waals surface area contributed by atoms with Gasteiger partial charge < -0.3 is 5.11 Å². The lowest BCUT2D eigenvalue weighted by Gasteiger charge is -2.22. The van der Waals surface area contributed by atoms with E-state index in [0.29, 0.717) is 6.61 Å². The van der Waals surface area contributed by atoms with Crippen molar-refractivity contribution in [3.63, 3.8) is 0 Å². The third kappa shape index (κ3) is 5.25. The summed E-state index contributed by atoms with van der Waals surface area (Å²) >= 11 is 0. The molecule has 0 saturated carbocycles. The second-order valence-electron chi connectivity index (χ2n) is 4.37. The Morgan fingerprint density at radius 3 is 2.27 bits per heavy atom. The zero-order valence-corrected chi connectivity index (χ0v) is 8.35. The Bertz CT molecular complexity index is 97.0. The topological polar surface area (TPSA) is 20.2 Å². The smallest absolute Gasteiger partial charge is 0.0482 e. The zero-order valence-electron chi connectivity index (χ0n) is 8.35. The van der Waals surface area contributed by atoms with Crippen LogP contribution in [0.4, 0.5) is 0 Å². The summed E-state index contributed by atoms with van der Waals surface area (Å²) < 4.78 is 0. The maximum atomic E-state index is 8.98. The van der Waals surface area contributed by atoms with E-state index in [0.717, 1.165) is 12.3 Å². The van der Waals surface area contributed by atoms with Gasteiger partial charge in [0.1, 0.15) is 0 Å². The largest absolute Gasteiger partial charge is 0.396 e. The van der Waals surface area contributed by atoms with Crippen LogP contribution in [0.25, 0.3) is 0 Å². The van der Waals surface area contributed by atoms with E-state index in [1.54, 1.807) is 0 Å². The summed E-state index contributed by atoms with van der Waals surface area (Å²) in [6.45, 7) is 9.04. The van der Waals surface area contributed by atoms with Gasteiger partial charge in [0.2, 0.25) is 0 Å². The summed E-state index contributed by atoms with van der Waals surface area (Å²) in [6, 6.07) is 0. The number of aliphatic hydroxyl groups excluding tert-OH is 1. The highest BCUT2D eigenvalue weighted by atomic mass is 16.3. The van der Waals surface area contributed by atoms with Crippen molar-refractivity contribution in [3.8, 4) is 0 Å². The van der Waals surface area contributed by atoms with Gasteiger partial charge in [-0.05, 0) is 17.8 Å². The molecular weight excluding hydrogens is 136 g/mol. The third-order valence-electron chi connectivity index (χ3n) is 2.44. The van der Waals surface area contributed by atoms with Gasteiger partial charge in [-0.1, -0.05) is 40.5 Å². The second-order valence-corrected chi connectivity index (χ2v) is 4.37. The summed E-state index contributed by atoms with van der Waals surface area (Å²) in [5.74, 6) is 0.806. The fraction of sp³-hybridized carbons (Fsp3) is 1.00. The molecule has 0 aromatic rings. The van der Waals surface area contributed by atoms with E-state index in [4.69, 9.17) is 5.11 Å². The average Bonchev–Trinajstić information content (AvgIpc) is 2.00. The van der Waals surface area contributed by atoms with Gasteiger partial charge >= 0.3 is 0 Å². The fourth-order valence-corrected chi connectivity index (χ4v) is 0.920. The Morgan fingerprint density at radius 1 is 1.36 bits per heavy atom. The molecule has 0 aromatic heterocycles. The van der Waals surface area contributed by atoms with Gasteiger partial charge in [-0.2, -0.15) is 0 Å². The first-order valence-corrected chi connectivity index (χ1v) is 4.62. The fourth-order valence-electron chi connectivity index (χ4n) is 0.920. The number of hydrogen-bond donors (Lipinski definition) is 1. The predicted octanol–water partition coefficient (Wildman–Crippen LogP) is 2.83. The van der Waals surface area contributed by atoms with Crippen LogP contribution in [0.15, 0.2) is 0 Å². The Hall–Kier alpha value is -0.0400. The maximum Gasteiger partial charge on any atom is 0.0482 e. The second kappa shape index (κ2) is 4.76. The number of aliphatic hydroxyl groups is 1. The van der Waals surface area contributed by atoms with Crippen LogP contribution in [-0.4, -0.2) is 11.7 Å². The molecule has 0 aliphatic heterocycles. The van der Waals surface area contributed by atoms with Crippen molar-refractivity contribution in [2.75, 3.05) is 6.61 Å². The monoisotopic (exact) mass is 158 g/mol. The normalized spacial score (nSPS) is 15.0. The van der Waals surface area contributed by atoms with E-state index in [1.807, 2.05) is 0 Å². The molecule has 0 amide bonds. The van der Waals surface area contributed by atoms with Gasteiger partial charge in [0.25, 0.3) is 0 Å². The maximum absolute atomic E-state index is 8.98. The molecule has 1 nitrogen and oxygen atoms in total. The standard InChI is InChI=1S/C10H22O/c1-5-9(2)6-7-10(3,4)8-11/h9,11H,5-8H2,1-4H3. The SMILES string of the molecule is CCC(C)CCC(C)(C)CO. The summed E-state index contributed by atoms with van der Waals surface area (Å²) in [6.07, 6.45) is 3.63. The number of hydrogen-bond acceptors (Lipinski definition) is 1. The van der Waals surface area contributed by atoms with Gasteiger partial charge in [0.15, 0.2) is 0 Å². The minimum atomic E-state index is 0.128. The van der Waals surface area contributed by atoms with Crippen LogP contribution in [0.1, 0.15) is 47.0 Å². The Labute approximate surface area is 70.8 Å². The van der Waals surface area contributed by atoms with Crippen molar-refractivity contribution >= 4 is 0 Å². The van der Waals surface area contributed by atoms with Crippen LogP contribution in [-0.2, 0) is 0 Å². The highest BCUT2D eigenvalue weighted by Crippen LogP contribution is 2.24. The molecule has 0 radical (unpaired) electrons. The Morgan fingerprint density at radius 2 is 1.91 bits per heavy atom. The molecule has 0 aliphatic carbocycles. The first-order chi connectivity index (χ1) is 5.02. The van der Waals surface area contributed by atoms with Crippen LogP contribution in [0.5, 0.6) is 0 Å². The van der Waals surface area contributed by atoms with Crippen LogP contribution in [0, 0.1) is 11.3 Å². The molecule has 0 aliphatic rings. The molecule has 11 heavy (non-hydrogen) atoms. The molecule has 0 aromatic carbocycles. The predicted molar refractivity (Wildman–Crippen MR) is 49.6 cm³/mol. The van der Waals surface area contributed by atoms with E-state index in [2.05, 4.69) is 27.7 Å². The van der Waals surface area contributed by atoms with Gasteiger partial charge in [-0.25, -0.2) is 0 Å². The average molecular weight is 158 g/mol. The van der Waals surface area contributed by atoms with E-state index in [1.165, 1.54) is 12.8 Å². The van der Waals surface area contributed by atoms with Crippen LogP contribution >= 0.6 is 0 Å². The lowest BCUT2D eigenvalue weighted by atomic mass is 9.85. The van der Waals surface area contributed by atoms with E-state index >= 15 is 0 Å². The van der Waals surface area contributed by atoms with Crippen molar-refractivity contribution in [1.82, 2.24) is 0 Å². The van der Waals surface area contributed by atoms with Gasteiger partial charge in [-0.15, -0.1) is 0 Å². The lowest BCUT2D eigenvalue weighted by Crippen LogP contribution is -2.17. The molecule has 1 atom stereocenters. The van der Waals surface area contributed by atoms with Gasteiger partial charge in [0.05, 0.1) is 0 Å². The van der Waals surface area contributed by atoms with Crippen LogP contribution in [0.2, 0.25) is 0 Å². The molecule has 0 saturated heterocycles. The van der Waals surface area contributed by atoms with Crippen molar-refractivity contribution < 1.29 is 5.11 Å². The van der Waals surface area contributed by atoms with E-state index in [9.17, 15) is 0 Å². The quantitative estimate of drug-likeness (QED) is 0.652. The lowest BCUT2D eigenvalue weighted by molar-refractivity contribution is 0.142. The molecule has 1 unspecified atom stereocenters. The molecule has 1 heteroatoms. The van der Waals surface area contributed by atoms with Crippen molar-refractivity contribution in [2.45, 2.75) is 47.0 Å². The highest BCUT2D eigenvalue weighted by molar-refractivity contribution is 4.67. The Kier molecular flexibility index (Phi) is 4.74. The minimum absolute atomic E-state index is 0.128. The molecule has 0 heterocycles. The molecule has 0 rings (SSSR count). The number of rotatable bonds is 5. The highest BCUT2D eigenvalue weighted by Gasteiger charge is 2.16. The summed E-state index contributed by atoms with van der Waals surface area (Å²) in [7, 11) is 0. The molecule has 0 spiro atoms. The van der Waals surface area contributed by atoms with Crippen molar-refractivity contribution in [2.24, 2.45) is 11.3 Å². The van der Waals surface area contributed by atoms with E-state index < -0.39 is 0 Å². The van der Waals surface area contributed by atoms with Crippen molar-refractivity contribution in [1.29, 1.82) is 0 Å². The summed E-state index contributed by atoms with van der Waals surface area (Å²) in [5.41, 5.74) is 0.128. The molecule has 68 valence electrons. The van der Waals surface area contributed by atoms with Gasteiger partial charge in [0, 0.05) is 6.61 Å².